The van der Waals surface area contributed by atoms with Gasteiger partial charge in [-0.05, 0) is 44.4 Å². The van der Waals surface area contributed by atoms with E-state index in [-0.39, 0.29) is 18.4 Å². The summed E-state index contributed by atoms with van der Waals surface area (Å²) in [4.78, 5) is 4.64. The van der Waals surface area contributed by atoms with E-state index in [1.807, 2.05) is 6.92 Å². The topological polar surface area (TPSA) is 56.7 Å². The van der Waals surface area contributed by atoms with Gasteiger partial charge in [-0.3, -0.25) is 4.99 Å². The Kier molecular flexibility index (Phi) is 9.48. The first-order valence-electron chi connectivity index (χ1n) is 9.10. The van der Waals surface area contributed by atoms with Gasteiger partial charge in [0.25, 0.3) is 0 Å². The largest absolute Gasteiger partial charge is 0.396 e. The molecule has 4 nitrogen and oxygen atoms in total. The Hall–Kier alpha value is -0.980. The van der Waals surface area contributed by atoms with Gasteiger partial charge in [-0.2, -0.15) is 13.2 Å². The molecule has 0 aromatic carbocycles. The molecule has 1 aliphatic carbocycles. The Bertz CT molecular complexity index is 361. The second-order valence-electron chi connectivity index (χ2n) is 6.73. The number of guanidine groups is 1. The van der Waals surface area contributed by atoms with Crippen LogP contribution in [0, 0.1) is 5.41 Å². The number of hydrogen-bond acceptors (Lipinski definition) is 2. The molecule has 0 aliphatic heterocycles. The predicted octanol–water partition coefficient (Wildman–Crippen LogP) is 3.61. The number of rotatable bonds is 9. The highest BCUT2D eigenvalue weighted by Crippen LogP contribution is 2.39. The van der Waals surface area contributed by atoms with E-state index < -0.39 is 12.6 Å². The van der Waals surface area contributed by atoms with Gasteiger partial charge in [0.05, 0.1) is 0 Å². The van der Waals surface area contributed by atoms with Gasteiger partial charge < -0.3 is 15.7 Å². The van der Waals surface area contributed by atoms with Gasteiger partial charge in [0.1, 0.15) is 0 Å². The van der Waals surface area contributed by atoms with Gasteiger partial charge in [0.15, 0.2) is 5.96 Å². The van der Waals surface area contributed by atoms with Crippen molar-refractivity contribution in [3.05, 3.63) is 0 Å². The Morgan fingerprint density at radius 1 is 1.12 bits per heavy atom. The summed E-state index contributed by atoms with van der Waals surface area (Å²) in [5, 5.41) is 15.6. The molecular weight excluding hydrogens is 319 g/mol. The third-order valence-corrected chi connectivity index (χ3v) is 4.65. The average Bonchev–Trinajstić information content (AvgIpc) is 2.52. The van der Waals surface area contributed by atoms with E-state index in [1.54, 1.807) is 0 Å². The highest BCUT2D eigenvalue weighted by Gasteiger charge is 2.31. The lowest BCUT2D eigenvalue weighted by atomic mass is 9.72. The van der Waals surface area contributed by atoms with Gasteiger partial charge in [-0.15, -0.1) is 0 Å². The molecule has 24 heavy (non-hydrogen) atoms. The number of nitrogens with one attached hydrogen (secondary N) is 2. The Morgan fingerprint density at radius 3 is 2.42 bits per heavy atom. The first kappa shape index (κ1) is 21.1. The molecule has 0 aromatic rings. The number of unbranched alkanes of at least 4 members (excludes halogenated alkanes) is 1. The lowest BCUT2D eigenvalue weighted by molar-refractivity contribution is -0.135. The molecule has 0 bridgehead atoms. The SMILES string of the molecule is CCNC(=NCC1(CCO)CCCCC1)NCCCCC(F)(F)F. The van der Waals surface area contributed by atoms with Gasteiger partial charge in [-0.1, -0.05) is 19.3 Å². The van der Waals surface area contributed by atoms with Gasteiger partial charge in [0.2, 0.25) is 0 Å². The molecule has 142 valence electrons. The Labute approximate surface area is 143 Å². The molecule has 3 N–H and O–H groups in total. The normalized spacial score (nSPS) is 18.5. The van der Waals surface area contributed by atoms with E-state index in [9.17, 15) is 18.3 Å². The van der Waals surface area contributed by atoms with Crippen LogP contribution in [0.3, 0.4) is 0 Å². The standard InChI is InChI=1S/C17H32F3N3O/c1-2-21-15(22-12-7-6-10-17(18,19)20)23-14-16(11-13-24)8-4-3-5-9-16/h24H,2-14H2,1H3,(H2,21,22,23). The molecule has 0 aromatic heterocycles. The maximum Gasteiger partial charge on any atom is 0.389 e. The van der Waals surface area contributed by atoms with Crippen LogP contribution < -0.4 is 10.6 Å². The summed E-state index contributed by atoms with van der Waals surface area (Å²) < 4.78 is 36.4. The van der Waals surface area contributed by atoms with Crippen LogP contribution in [0.5, 0.6) is 0 Å². The second-order valence-corrected chi connectivity index (χ2v) is 6.73. The van der Waals surface area contributed by atoms with E-state index >= 15 is 0 Å². The summed E-state index contributed by atoms with van der Waals surface area (Å²) in [5.41, 5.74) is 0.0750. The van der Waals surface area contributed by atoms with Crippen LogP contribution in [-0.4, -0.2) is 43.5 Å². The van der Waals surface area contributed by atoms with E-state index in [0.717, 1.165) is 19.3 Å². The van der Waals surface area contributed by atoms with Crippen LogP contribution in [-0.2, 0) is 0 Å². The third-order valence-electron chi connectivity index (χ3n) is 4.65. The number of alkyl halides is 3. The van der Waals surface area contributed by atoms with Gasteiger partial charge >= 0.3 is 6.18 Å². The van der Waals surface area contributed by atoms with E-state index in [0.29, 0.717) is 32.0 Å². The minimum atomic E-state index is -4.07. The third kappa shape index (κ3) is 8.76. The molecule has 1 aliphatic rings. The lowest BCUT2D eigenvalue weighted by Gasteiger charge is -2.35. The molecule has 1 rings (SSSR count). The molecule has 0 saturated heterocycles. The van der Waals surface area contributed by atoms with Crippen molar-refractivity contribution in [3.63, 3.8) is 0 Å². The summed E-state index contributed by atoms with van der Waals surface area (Å²) >= 11 is 0. The fourth-order valence-corrected chi connectivity index (χ4v) is 3.27. The number of aliphatic hydroxyl groups excluding tert-OH is 1. The first-order valence-corrected chi connectivity index (χ1v) is 9.10. The van der Waals surface area contributed by atoms with Crippen molar-refractivity contribution in [1.29, 1.82) is 0 Å². The van der Waals surface area contributed by atoms with Crippen LogP contribution in [0.15, 0.2) is 4.99 Å². The summed E-state index contributed by atoms with van der Waals surface area (Å²) in [6.07, 6.45) is 2.32. The summed E-state index contributed by atoms with van der Waals surface area (Å²) in [6, 6.07) is 0. The van der Waals surface area contributed by atoms with E-state index in [4.69, 9.17) is 0 Å². The van der Waals surface area contributed by atoms with Crippen molar-refractivity contribution in [2.24, 2.45) is 10.4 Å². The van der Waals surface area contributed by atoms with Gasteiger partial charge in [-0.25, -0.2) is 0 Å². The monoisotopic (exact) mass is 351 g/mol. The van der Waals surface area contributed by atoms with E-state index in [1.165, 1.54) is 19.3 Å². The zero-order valence-electron chi connectivity index (χ0n) is 14.7. The van der Waals surface area contributed by atoms with Crippen LogP contribution in [0.25, 0.3) is 0 Å². The molecule has 0 atom stereocenters. The summed E-state index contributed by atoms with van der Waals surface area (Å²) in [5.74, 6) is 0.660. The van der Waals surface area contributed by atoms with Gasteiger partial charge in [0, 0.05) is 32.7 Å². The van der Waals surface area contributed by atoms with Crippen molar-refractivity contribution in [2.75, 3.05) is 26.2 Å². The van der Waals surface area contributed by atoms with E-state index in [2.05, 4.69) is 15.6 Å². The highest BCUT2D eigenvalue weighted by atomic mass is 19.4. The summed E-state index contributed by atoms with van der Waals surface area (Å²) in [6.45, 7) is 3.99. The predicted molar refractivity (Wildman–Crippen MR) is 91.1 cm³/mol. The Morgan fingerprint density at radius 2 is 1.83 bits per heavy atom. The smallest absolute Gasteiger partial charge is 0.389 e. The number of aliphatic hydroxyl groups is 1. The fourth-order valence-electron chi connectivity index (χ4n) is 3.27. The lowest BCUT2D eigenvalue weighted by Crippen LogP contribution is -2.39. The van der Waals surface area contributed by atoms with Crippen LogP contribution in [0.1, 0.15) is 64.7 Å². The van der Waals surface area contributed by atoms with Crippen molar-refractivity contribution in [1.82, 2.24) is 10.6 Å². The molecule has 0 radical (unpaired) electrons. The quantitative estimate of drug-likeness (QED) is 0.338. The maximum absolute atomic E-state index is 12.1. The van der Waals surface area contributed by atoms with Crippen molar-refractivity contribution in [2.45, 2.75) is 70.9 Å². The molecule has 1 saturated carbocycles. The molecule has 7 heteroatoms. The highest BCUT2D eigenvalue weighted by molar-refractivity contribution is 5.79. The molecular formula is C17H32F3N3O. The number of halogens is 3. The minimum Gasteiger partial charge on any atom is -0.396 e. The van der Waals surface area contributed by atoms with Crippen molar-refractivity contribution in [3.8, 4) is 0 Å². The van der Waals surface area contributed by atoms with Crippen LogP contribution >= 0.6 is 0 Å². The second kappa shape index (κ2) is 10.8. The molecule has 0 heterocycles. The first-order chi connectivity index (χ1) is 11.4. The molecule has 0 spiro atoms. The number of aliphatic imine (C=N–C) groups is 1. The summed E-state index contributed by atoms with van der Waals surface area (Å²) in [7, 11) is 0. The molecule has 1 fully saturated rings. The minimum absolute atomic E-state index is 0.0750. The zero-order chi connectivity index (χ0) is 17.9. The average molecular weight is 351 g/mol. The van der Waals surface area contributed by atoms with Crippen LogP contribution in [0.2, 0.25) is 0 Å². The fraction of sp³-hybridized carbons (Fsp3) is 0.941. The Balaban J connectivity index is 2.45. The van der Waals surface area contributed by atoms with Crippen molar-refractivity contribution < 1.29 is 18.3 Å². The number of hydrogen-bond donors (Lipinski definition) is 3. The maximum atomic E-state index is 12.1. The molecule has 0 amide bonds. The molecule has 0 unspecified atom stereocenters. The van der Waals surface area contributed by atoms with Crippen molar-refractivity contribution >= 4 is 5.96 Å². The number of nitrogens with zero attached hydrogens (tertiary/aromatic N) is 1. The van der Waals surface area contributed by atoms with Crippen LogP contribution in [0.4, 0.5) is 13.2 Å². The zero-order valence-corrected chi connectivity index (χ0v) is 14.7.